The second-order valence-electron chi connectivity index (χ2n) is 5.34. The van der Waals surface area contributed by atoms with E-state index in [4.69, 9.17) is 0 Å². The summed E-state index contributed by atoms with van der Waals surface area (Å²) in [5, 5.41) is 6.05. The van der Waals surface area contributed by atoms with E-state index in [1.54, 1.807) is 24.4 Å². The van der Waals surface area contributed by atoms with Gasteiger partial charge in [0, 0.05) is 19.3 Å². The van der Waals surface area contributed by atoms with Crippen molar-refractivity contribution in [2.24, 2.45) is 0 Å². The summed E-state index contributed by atoms with van der Waals surface area (Å²) in [5.41, 5.74) is 1.52. The molecule has 2 aromatic rings. The summed E-state index contributed by atoms with van der Waals surface area (Å²) >= 11 is 0. The van der Waals surface area contributed by atoms with Crippen LogP contribution in [0.1, 0.15) is 35.7 Å². The molecule has 122 valence electrons. The first-order valence-electron chi connectivity index (χ1n) is 7.91. The summed E-state index contributed by atoms with van der Waals surface area (Å²) in [4.78, 5) is 16.3. The van der Waals surface area contributed by atoms with Gasteiger partial charge >= 0.3 is 0 Å². The number of carbonyl (C=O) groups excluding carboxylic acids is 1. The zero-order chi connectivity index (χ0) is 16.5. The first kappa shape index (κ1) is 16.9. The fraction of sp³-hybridized carbons (Fsp3) is 0.333. The van der Waals surface area contributed by atoms with E-state index < -0.39 is 0 Å². The third kappa shape index (κ3) is 5.70. The normalized spacial score (nSPS) is 10.3. The van der Waals surface area contributed by atoms with Gasteiger partial charge in [0.1, 0.15) is 11.6 Å². The van der Waals surface area contributed by atoms with E-state index in [1.165, 1.54) is 12.1 Å². The number of benzene rings is 1. The zero-order valence-corrected chi connectivity index (χ0v) is 13.3. The van der Waals surface area contributed by atoms with Crippen molar-refractivity contribution < 1.29 is 9.18 Å². The third-order valence-corrected chi connectivity index (χ3v) is 3.47. The number of amides is 1. The van der Waals surface area contributed by atoms with Gasteiger partial charge in [0.25, 0.3) is 5.91 Å². The fourth-order valence-corrected chi connectivity index (χ4v) is 2.10. The number of nitrogens with zero attached hydrogens (tertiary/aromatic N) is 1. The number of halogens is 1. The Balaban J connectivity index is 1.77. The molecule has 2 rings (SSSR count). The van der Waals surface area contributed by atoms with Crippen LogP contribution < -0.4 is 10.6 Å². The second kappa shape index (κ2) is 8.88. The molecule has 5 heteroatoms. The summed E-state index contributed by atoms with van der Waals surface area (Å²) < 4.78 is 12.8. The molecule has 0 unspecified atom stereocenters. The smallest absolute Gasteiger partial charge is 0.252 e. The van der Waals surface area contributed by atoms with Gasteiger partial charge in [-0.1, -0.05) is 25.5 Å². The van der Waals surface area contributed by atoms with E-state index in [0.29, 0.717) is 18.5 Å². The van der Waals surface area contributed by atoms with Crippen LogP contribution in [0.5, 0.6) is 0 Å². The Kier molecular flexibility index (Phi) is 6.54. The Morgan fingerprint density at radius 1 is 1.13 bits per heavy atom. The largest absolute Gasteiger partial charge is 0.370 e. The van der Waals surface area contributed by atoms with Crippen LogP contribution in [0.4, 0.5) is 10.2 Å². The molecule has 23 heavy (non-hydrogen) atoms. The van der Waals surface area contributed by atoms with Crippen LogP contribution in [0.15, 0.2) is 42.6 Å². The first-order valence-corrected chi connectivity index (χ1v) is 7.91. The number of rotatable bonds is 8. The van der Waals surface area contributed by atoms with Crippen LogP contribution >= 0.6 is 0 Å². The van der Waals surface area contributed by atoms with Crippen molar-refractivity contribution in [3.63, 3.8) is 0 Å². The van der Waals surface area contributed by atoms with Crippen molar-refractivity contribution in [2.75, 3.05) is 18.4 Å². The van der Waals surface area contributed by atoms with Crippen LogP contribution in [-0.2, 0) is 6.42 Å². The van der Waals surface area contributed by atoms with Crippen molar-refractivity contribution in [1.82, 2.24) is 10.3 Å². The van der Waals surface area contributed by atoms with Gasteiger partial charge in [0.05, 0.1) is 5.56 Å². The Labute approximate surface area is 136 Å². The molecule has 1 heterocycles. The van der Waals surface area contributed by atoms with Crippen LogP contribution in [-0.4, -0.2) is 24.0 Å². The van der Waals surface area contributed by atoms with Crippen molar-refractivity contribution in [3.05, 3.63) is 59.5 Å². The van der Waals surface area contributed by atoms with Crippen molar-refractivity contribution in [2.45, 2.75) is 26.2 Å². The molecule has 0 spiro atoms. The highest BCUT2D eigenvalue weighted by Gasteiger charge is 2.05. The minimum atomic E-state index is -0.253. The van der Waals surface area contributed by atoms with Crippen molar-refractivity contribution in [3.8, 4) is 0 Å². The van der Waals surface area contributed by atoms with E-state index in [0.717, 1.165) is 30.8 Å². The number of pyridine rings is 1. The van der Waals surface area contributed by atoms with Crippen molar-refractivity contribution in [1.29, 1.82) is 0 Å². The lowest BCUT2D eigenvalue weighted by atomic mass is 10.1. The van der Waals surface area contributed by atoms with Crippen molar-refractivity contribution >= 4 is 11.7 Å². The summed E-state index contributed by atoms with van der Waals surface area (Å²) in [6.07, 6.45) is 4.45. The highest BCUT2D eigenvalue weighted by atomic mass is 19.1. The Bertz CT molecular complexity index is 611. The lowest BCUT2D eigenvalue weighted by Gasteiger charge is -2.07. The molecule has 0 aliphatic heterocycles. The molecule has 0 radical (unpaired) electrons. The number of hydrogen-bond donors (Lipinski definition) is 2. The number of anilines is 1. The molecule has 0 fully saturated rings. The molecule has 1 aromatic carbocycles. The maximum atomic E-state index is 12.8. The molecule has 0 bridgehead atoms. The van der Waals surface area contributed by atoms with Gasteiger partial charge in [-0.25, -0.2) is 9.37 Å². The third-order valence-electron chi connectivity index (χ3n) is 3.47. The lowest BCUT2D eigenvalue weighted by Crippen LogP contribution is -2.25. The number of aromatic nitrogens is 1. The van der Waals surface area contributed by atoms with E-state index in [2.05, 4.69) is 22.5 Å². The van der Waals surface area contributed by atoms with Gasteiger partial charge in [0.15, 0.2) is 0 Å². The molecule has 0 atom stereocenters. The summed E-state index contributed by atoms with van der Waals surface area (Å²) in [5.74, 6) is 0.373. The van der Waals surface area contributed by atoms with E-state index >= 15 is 0 Å². The highest BCUT2D eigenvalue weighted by Crippen LogP contribution is 2.06. The second-order valence-corrected chi connectivity index (χ2v) is 5.34. The minimum absolute atomic E-state index is 0.153. The first-order chi connectivity index (χ1) is 11.2. The number of nitrogens with one attached hydrogen (secondary N) is 2. The van der Waals surface area contributed by atoms with E-state index in [-0.39, 0.29) is 11.7 Å². The number of carbonyl (C=O) groups is 1. The fourth-order valence-electron chi connectivity index (χ4n) is 2.10. The maximum absolute atomic E-state index is 12.8. The predicted molar refractivity (Wildman–Crippen MR) is 90.1 cm³/mol. The minimum Gasteiger partial charge on any atom is -0.370 e. The van der Waals surface area contributed by atoms with Gasteiger partial charge in [-0.3, -0.25) is 4.79 Å². The SMILES string of the molecule is CCCCNc1ccc(C(=O)NCCc2ccc(F)cc2)cn1. The molecule has 0 saturated heterocycles. The monoisotopic (exact) mass is 315 g/mol. The van der Waals surface area contributed by atoms with Crippen LogP contribution in [0.2, 0.25) is 0 Å². The standard InChI is InChI=1S/C18H22FN3O/c1-2-3-11-20-17-9-6-15(13-22-17)18(23)21-12-10-14-4-7-16(19)8-5-14/h4-9,13H,2-3,10-12H2,1H3,(H,20,22)(H,21,23). The summed E-state index contributed by atoms with van der Waals surface area (Å²) in [6.45, 7) is 3.52. The van der Waals surface area contributed by atoms with Crippen LogP contribution in [0, 0.1) is 5.82 Å². The Morgan fingerprint density at radius 3 is 2.57 bits per heavy atom. The molecule has 2 N–H and O–H groups in total. The number of hydrogen-bond acceptors (Lipinski definition) is 3. The number of unbranched alkanes of at least 4 members (excludes halogenated alkanes) is 1. The van der Waals surface area contributed by atoms with E-state index in [9.17, 15) is 9.18 Å². The van der Waals surface area contributed by atoms with Crippen LogP contribution in [0.25, 0.3) is 0 Å². The summed E-state index contributed by atoms with van der Waals surface area (Å²) in [7, 11) is 0. The Morgan fingerprint density at radius 2 is 1.91 bits per heavy atom. The molecule has 0 aliphatic carbocycles. The lowest BCUT2D eigenvalue weighted by molar-refractivity contribution is 0.0954. The molecule has 1 aromatic heterocycles. The zero-order valence-electron chi connectivity index (χ0n) is 13.3. The van der Waals surface area contributed by atoms with Gasteiger partial charge in [-0.15, -0.1) is 0 Å². The molecule has 4 nitrogen and oxygen atoms in total. The molecular formula is C18H22FN3O. The predicted octanol–water partition coefficient (Wildman–Crippen LogP) is 3.41. The molecule has 0 saturated carbocycles. The van der Waals surface area contributed by atoms with Gasteiger partial charge < -0.3 is 10.6 Å². The van der Waals surface area contributed by atoms with Gasteiger partial charge in [0.2, 0.25) is 0 Å². The summed E-state index contributed by atoms with van der Waals surface area (Å²) in [6, 6.07) is 9.86. The quantitative estimate of drug-likeness (QED) is 0.734. The molecular weight excluding hydrogens is 293 g/mol. The Hall–Kier alpha value is -2.43. The van der Waals surface area contributed by atoms with Crippen LogP contribution in [0.3, 0.4) is 0 Å². The average molecular weight is 315 g/mol. The molecule has 0 aliphatic rings. The maximum Gasteiger partial charge on any atom is 0.252 e. The molecule has 1 amide bonds. The van der Waals surface area contributed by atoms with Gasteiger partial charge in [-0.05, 0) is 42.7 Å². The average Bonchev–Trinajstić information content (AvgIpc) is 2.57. The highest BCUT2D eigenvalue weighted by molar-refractivity contribution is 5.94. The van der Waals surface area contributed by atoms with E-state index in [1.807, 2.05) is 6.07 Å². The van der Waals surface area contributed by atoms with Gasteiger partial charge in [-0.2, -0.15) is 0 Å². The topological polar surface area (TPSA) is 54.0 Å².